The molecule has 0 spiro atoms. The van der Waals surface area contributed by atoms with E-state index < -0.39 is 67.2 Å². The molecule has 0 aromatic rings. The number of rotatable bonds is 10. The number of aliphatic hydroxyl groups excluding tert-OH is 3. The summed E-state index contributed by atoms with van der Waals surface area (Å²) in [5.74, 6) is -4.16. The van der Waals surface area contributed by atoms with E-state index in [1.807, 2.05) is 5.32 Å². The number of nitrogens with one attached hydrogen (secondary N) is 3. The Morgan fingerprint density at radius 2 is 1.56 bits per heavy atom. The van der Waals surface area contributed by atoms with Crippen LogP contribution in [0.3, 0.4) is 0 Å². The fourth-order valence-electron chi connectivity index (χ4n) is 1.58. The van der Waals surface area contributed by atoms with Gasteiger partial charge in [0.15, 0.2) is 0 Å². The predicted octanol–water partition coefficient (Wildman–Crippen LogP) is -4.76. The Morgan fingerprint density at radius 1 is 1.00 bits per heavy atom. The van der Waals surface area contributed by atoms with E-state index in [0.717, 1.165) is 0 Å². The van der Waals surface area contributed by atoms with Gasteiger partial charge in [-0.25, -0.2) is 4.79 Å². The second kappa shape index (κ2) is 10.6. The number of carbonyl (C=O) groups excluding carboxylic acids is 3. The van der Waals surface area contributed by atoms with Crippen LogP contribution < -0.4 is 21.7 Å². The number of hydrogen-bond donors (Lipinski definition) is 8. The van der Waals surface area contributed by atoms with Crippen molar-refractivity contribution in [1.82, 2.24) is 16.0 Å². The van der Waals surface area contributed by atoms with E-state index in [2.05, 4.69) is 10.6 Å². The van der Waals surface area contributed by atoms with Gasteiger partial charge in [-0.15, -0.1) is 0 Å². The minimum Gasteiger partial charge on any atom is -0.480 e. The summed E-state index contributed by atoms with van der Waals surface area (Å²) in [5.41, 5.74) is 5.41. The normalized spacial score (nSPS) is 16.7. The van der Waals surface area contributed by atoms with Crippen molar-refractivity contribution in [1.29, 1.82) is 0 Å². The summed E-state index contributed by atoms with van der Waals surface area (Å²) in [6.45, 7) is 1.000. The first-order valence-electron chi connectivity index (χ1n) is 7.34. The van der Waals surface area contributed by atoms with Gasteiger partial charge in [-0.2, -0.15) is 0 Å². The molecule has 0 saturated carbocycles. The van der Waals surface area contributed by atoms with Gasteiger partial charge in [0, 0.05) is 0 Å². The van der Waals surface area contributed by atoms with Crippen LogP contribution in [0.5, 0.6) is 0 Å². The van der Waals surface area contributed by atoms with Crippen LogP contribution in [0.25, 0.3) is 0 Å². The quantitative estimate of drug-likeness (QED) is 0.187. The van der Waals surface area contributed by atoms with Crippen LogP contribution in [-0.2, 0) is 19.2 Å². The van der Waals surface area contributed by atoms with Gasteiger partial charge in [-0.05, 0) is 13.8 Å². The molecule has 0 bridgehead atoms. The SMILES string of the molecule is CC(O)C(N)C(=O)NC(C(=O)NCC(=O)NC(CO)C(=O)O)C(C)O. The third kappa shape index (κ3) is 7.89. The highest BCUT2D eigenvalue weighted by molar-refractivity contribution is 5.93. The second-order valence-corrected chi connectivity index (χ2v) is 5.35. The fourth-order valence-corrected chi connectivity index (χ4v) is 1.58. The first-order chi connectivity index (χ1) is 11.5. The zero-order valence-electron chi connectivity index (χ0n) is 13.8. The molecule has 0 saturated heterocycles. The van der Waals surface area contributed by atoms with Gasteiger partial charge in [0.25, 0.3) is 0 Å². The number of aliphatic carboxylic acids is 1. The number of amides is 3. The van der Waals surface area contributed by atoms with Gasteiger partial charge in [0.05, 0.1) is 25.4 Å². The first-order valence-corrected chi connectivity index (χ1v) is 7.34. The summed E-state index contributed by atoms with van der Waals surface area (Å²) < 4.78 is 0. The highest BCUT2D eigenvalue weighted by Gasteiger charge is 2.29. The van der Waals surface area contributed by atoms with Crippen LogP contribution in [0.1, 0.15) is 13.8 Å². The molecule has 3 amide bonds. The standard InChI is InChI=1S/C13H24N4O8/c1-5(19)9(14)11(22)17-10(6(2)20)12(23)15-3-8(21)16-7(4-18)13(24)25/h5-7,9-10,18-20H,3-4,14H2,1-2H3,(H,15,23)(H,16,21)(H,17,22)(H,24,25). The van der Waals surface area contributed by atoms with E-state index in [-0.39, 0.29) is 0 Å². The zero-order chi connectivity index (χ0) is 19.7. The number of aliphatic hydroxyl groups is 3. The van der Waals surface area contributed by atoms with E-state index >= 15 is 0 Å². The Morgan fingerprint density at radius 3 is 1.96 bits per heavy atom. The van der Waals surface area contributed by atoms with Crippen molar-refractivity contribution in [3.8, 4) is 0 Å². The maximum absolute atomic E-state index is 12.0. The van der Waals surface area contributed by atoms with Crippen LogP contribution >= 0.6 is 0 Å². The van der Waals surface area contributed by atoms with E-state index in [1.54, 1.807) is 0 Å². The lowest BCUT2D eigenvalue weighted by molar-refractivity contribution is -0.143. The van der Waals surface area contributed by atoms with Crippen molar-refractivity contribution in [3.63, 3.8) is 0 Å². The van der Waals surface area contributed by atoms with E-state index in [0.29, 0.717) is 0 Å². The van der Waals surface area contributed by atoms with Gasteiger partial charge in [0.2, 0.25) is 17.7 Å². The Balaban J connectivity index is 4.68. The molecule has 0 heterocycles. The summed E-state index contributed by atoms with van der Waals surface area (Å²) in [4.78, 5) is 45.9. The Kier molecular flexibility index (Phi) is 9.59. The molecule has 0 fully saturated rings. The number of carboxylic acids is 1. The molecule has 0 aliphatic carbocycles. The van der Waals surface area contributed by atoms with Crippen LogP contribution in [0.15, 0.2) is 0 Å². The molecule has 0 aromatic carbocycles. The Hall–Kier alpha value is -2.28. The fraction of sp³-hybridized carbons (Fsp3) is 0.692. The molecule has 144 valence electrons. The van der Waals surface area contributed by atoms with Crippen molar-refractivity contribution in [3.05, 3.63) is 0 Å². The van der Waals surface area contributed by atoms with Crippen molar-refractivity contribution in [2.45, 2.75) is 44.2 Å². The average Bonchev–Trinajstić information content (AvgIpc) is 2.53. The predicted molar refractivity (Wildman–Crippen MR) is 82.9 cm³/mol. The van der Waals surface area contributed by atoms with Gasteiger partial charge in [-0.3, -0.25) is 14.4 Å². The molecule has 5 atom stereocenters. The number of carboxylic acid groups (broad SMARTS) is 1. The lowest BCUT2D eigenvalue weighted by atomic mass is 10.1. The van der Waals surface area contributed by atoms with Crippen molar-refractivity contribution in [2.24, 2.45) is 5.73 Å². The Bertz CT molecular complexity index is 496. The number of hydrogen-bond acceptors (Lipinski definition) is 8. The summed E-state index contributed by atoms with van der Waals surface area (Å²) in [5, 5.41) is 42.5. The molecule has 12 heteroatoms. The molecule has 9 N–H and O–H groups in total. The molecule has 0 aromatic heterocycles. The van der Waals surface area contributed by atoms with Gasteiger partial charge < -0.3 is 42.1 Å². The van der Waals surface area contributed by atoms with Gasteiger partial charge >= 0.3 is 5.97 Å². The van der Waals surface area contributed by atoms with E-state index in [4.69, 9.17) is 15.9 Å². The smallest absolute Gasteiger partial charge is 0.328 e. The van der Waals surface area contributed by atoms with Crippen molar-refractivity contribution in [2.75, 3.05) is 13.2 Å². The molecule has 0 aliphatic rings. The largest absolute Gasteiger partial charge is 0.480 e. The topological polar surface area (TPSA) is 211 Å². The average molecular weight is 364 g/mol. The van der Waals surface area contributed by atoms with Crippen molar-refractivity contribution < 1.29 is 39.6 Å². The van der Waals surface area contributed by atoms with Crippen LogP contribution in [0.4, 0.5) is 0 Å². The summed E-state index contributed by atoms with van der Waals surface area (Å²) >= 11 is 0. The third-order valence-electron chi connectivity index (χ3n) is 3.12. The number of nitrogens with two attached hydrogens (primary N) is 1. The van der Waals surface area contributed by atoms with E-state index in [1.165, 1.54) is 13.8 Å². The number of carbonyl (C=O) groups is 4. The summed E-state index contributed by atoms with van der Waals surface area (Å²) in [6.07, 6.45) is -2.52. The summed E-state index contributed by atoms with van der Waals surface area (Å²) in [7, 11) is 0. The second-order valence-electron chi connectivity index (χ2n) is 5.35. The molecule has 0 radical (unpaired) electrons. The summed E-state index contributed by atoms with van der Waals surface area (Å²) in [6, 6.07) is -4.29. The maximum Gasteiger partial charge on any atom is 0.328 e. The molecule has 5 unspecified atom stereocenters. The van der Waals surface area contributed by atoms with Crippen LogP contribution in [-0.4, -0.2) is 87.6 Å². The lowest BCUT2D eigenvalue weighted by Gasteiger charge is -2.23. The zero-order valence-corrected chi connectivity index (χ0v) is 13.8. The van der Waals surface area contributed by atoms with Crippen molar-refractivity contribution >= 4 is 23.7 Å². The van der Waals surface area contributed by atoms with Gasteiger partial charge in [-0.1, -0.05) is 0 Å². The molecule has 25 heavy (non-hydrogen) atoms. The lowest BCUT2D eigenvalue weighted by Crippen LogP contribution is -2.58. The van der Waals surface area contributed by atoms with Crippen LogP contribution in [0, 0.1) is 0 Å². The third-order valence-corrected chi connectivity index (χ3v) is 3.12. The Labute approximate surface area is 143 Å². The first kappa shape index (κ1) is 22.7. The van der Waals surface area contributed by atoms with E-state index in [9.17, 15) is 29.4 Å². The highest BCUT2D eigenvalue weighted by Crippen LogP contribution is 1.97. The monoisotopic (exact) mass is 364 g/mol. The highest BCUT2D eigenvalue weighted by atomic mass is 16.4. The molecular weight excluding hydrogens is 340 g/mol. The van der Waals surface area contributed by atoms with Gasteiger partial charge in [0.1, 0.15) is 18.1 Å². The molecule has 12 nitrogen and oxygen atoms in total. The van der Waals surface area contributed by atoms with Crippen LogP contribution in [0.2, 0.25) is 0 Å². The minimum absolute atomic E-state index is 0.649. The minimum atomic E-state index is -1.53. The molecule has 0 rings (SSSR count). The molecular formula is C13H24N4O8. The maximum atomic E-state index is 12.0. The molecule has 0 aliphatic heterocycles.